The van der Waals surface area contributed by atoms with E-state index in [-0.39, 0.29) is 0 Å². The van der Waals surface area contributed by atoms with Crippen LogP contribution < -0.4 is 5.32 Å². The van der Waals surface area contributed by atoms with Crippen LogP contribution in [0.2, 0.25) is 0 Å². The average Bonchev–Trinajstić information content (AvgIpc) is 2.38. The predicted octanol–water partition coefficient (Wildman–Crippen LogP) is 2.82. The monoisotopic (exact) mass is 311 g/mol. The standard InChI is InChI=1S/C12H16F3NO3S/c1-2-19-9-3-8-16-10-4-6-11(7-5-10)20(17,18)12(13,14)15/h4-7,16H,2-3,8-9H2,1H3. The number of halogens is 3. The third-order valence-electron chi connectivity index (χ3n) is 2.47. The molecule has 0 saturated heterocycles. The largest absolute Gasteiger partial charge is 0.501 e. The topological polar surface area (TPSA) is 55.4 Å². The van der Waals surface area contributed by atoms with Crippen LogP contribution in [0.25, 0.3) is 0 Å². The second kappa shape index (κ2) is 6.94. The maximum absolute atomic E-state index is 12.3. The molecule has 0 radical (unpaired) electrons. The van der Waals surface area contributed by atoms with Crippen LogP contribution in [0.5, 0.6) is 0 Å². The molecule has 0 atom stereocenters. The third-order valence-corrected chi connectivity index (χ3v) is 3.97. The first-order valence-corrected chi connectivity index (χ1v) is 7.50. The summed E-state index contributed by atoms with van der Waals surface area (Å²) >= 11 is 0. The van der Waals surface area contributed by atoms with E-state index in [9.17, 15) is 21.6 Å². The van der Waals surface area contributed by atoms with Gasteiger partial charge in [0.1, 0.15) is 0 Å². The van der Waals surface area contributed by atoms with E-state index in [0.717, 1.165) is 18.6 Å². The Labute approximate surface area is 115 Å². The number of hydrogen-bond donors (Lipinski definition) is 1. The molecule has 4 nitrogen and oxygen atoms in total. The van der Waals surface area contributed by atoms with Gasteiger partial charge in [0.25, 0.3) is 9.84 Å². The van der Waals surface area contributed by atoms with E-state index in [2.05, 4.69) is 5.32 Å². The van der Waals surface area contributed by atoms with Crippen molar-refractivity contribution in [2.45, 2.75) is 23.7 Å². The van der Waals surface area contributed by atoms with Crippen LogP contribution in [0.4, 0.5) is 18.9 Å². The number of nitrogens with one attached hydrogen (secondary N) is 1. The van der Waals surface area contributed by atoms with Gasteiger partial charge in [0, 0.05) is 25.4 Å². The normalized spacial score (nSPS) is 12.4. The summed E-state index contributed by atoms with van der Waals surface area (Å²) in [5.74, 6) is 0. The van der Waals surface area contributed by atoms with Crippen molar-refractivity contribution < 1.29 is 26.3 Å². The molecule has 114 valence electrons. The van der Waals surface area contributed by atoms with Crippen LogP contribution >= 0.6 is 0 Å². The Morgan fingerprint density at radius 2 is 1.80 bits per heavy atom. The summed E-state index contributed by atoms with van der Waals surface area (Å²) in [5.41, 5.74) is -4.72. The Balaban J connectivity index is 2.61. The van der Waals surface area contributed by atoms with Gasteiger partial charge in [-0.05, 0) is 37.6 Å². The molecular weight excluding hydrogens is 295 g/mol. The lowest BCUT2D eigenvalue weighted by Gasteiger charge is -2.10. The highest BCUT2D eigenvalue weighted by atomic mass is 32.2. The summed E-state index contributed by atoms with van der Waals surface area (Å²) < 4.78 is 64.4. The number of benzene rings is 1. The molecule has 1 rings (SSSR count). The van der Waals surface area contributed by atoms with Gasteiger partial charge in [0.2, 0.25) is 0 Å². The molecule has 0 saturated carbocycles. The first kappa shape index (κ1) is 16.8. The van der Waals surface area contributed by atoms with E-state index < -0.39 is 20.2 Å². The Kier molecular flexibility index (Phi) is 5.82. The summed E-state index contributed by atoms with van der Waals surface area (Å²) in [6.07, 6.45) is 0.746. The van der Waals surface area contributed by atoms with Gasteiger partial charge in [-0.2, -0.15) is 13.2 Å². The minimum absolute atomic E-state index is 0.558. The van der Waals surface area contributed by atoms with Gasteiger partial charge in [0.15, 0.2) is 0 Å². The van der Waals surface area contributed by atoms with Gasteiger partial charge in [-0.1, -0.05) is 0 Å². The van der Waals surface area contributed by atoms with Crippen LogP contribution in [-0.4, -0.2) is 33.7 Å². The fourth-order valence-electron chi connectivity index (χ4n) is 1.44. The first-order valence-electron chi connectivity index (χ1n) is 6.02. The van der Waals surface area contributed by atoms with E-state index in [1.807, 2.05) is 6.92 Å². The minimum Gasteiger partial charge on any atom is -0.385 e. The Bertz CT molecular complexity index is 512. The molecule has 0 aliphatic rings. The van der Waals surface area contributed by atoms with Gasteiger partial charge in [-0.15, -0.1) is 0 Å². The van der Waals surface area contributed by atoms with Gasteiger partial charge in [0.05, 0.1) is 4.90 Å². The smallest absolute Gasteiger partial charge is 0.385 e. The van der Waals surface area contributed by atoms with Gasteiger partial charge in [-0.3, -0.25) is 0 Å². The number of alkyl halides is 3. The molecule has 0 aliphatic heterocycles. The van der Waals surface area contributed by atoms with E-state index >= 15 is 0 Å². The molecule has 1 aromatic rings. The lowest BCUT2D eigenvalue weighted by molar-refractivity contribution is -0.0436. The van der Waals surface area contributed by atoms with E-state index in [4.69, 9.17) is 4.74 Å². The van der Waals surface area contributed by atoms with Crippen molar-refractivity contribution >= 4 is 15.5 Å². The minimum atomic E-state index is -5.28. The summed E-state index contributed by atoms with van der Waals surface area (Å²) in [4.78, 5) is -0.759. The Morgan fingerprint density at radius 3 is 2.30 bits per heavy atom. The number of hydrogen-bond acceptors (Lipinski definition) is 4. The molecule has 0 aromatic heterocycles. The molecule has 20 heavy (non-hydrogen) atoms. The fraction of sp³-hybridized carbons (Fsp3) is 0.500. The number of sulfone groups is 1. The van der Waals surface area contributed by atoms with Crippen molar-refractivity contribution in [2.75, 3.05) is 25.1 Å². The zero-order valence-corrected chi connectivity index (χ0v) is 11.7. The van der Waals surface area contributed by atoms with E-state index in [1.165, 1.54) is 12.1 Å². The predicted molar refractivity (Wildman–Crippen MR) is 69.3 cm³/mol. The van der Waals surface area contributed by atoms with Crippen LogP contribution in [0, 0.1) is 0 Å². The van der Waals surface area contributed by atoms with Crippen LogP contribution in [0.1, 0.15) is 13.3 Å². The molecule has 0 amide bonds. The molecule has 8 heteroatoms. The molecule has 0 fully saturated rings. The zero-order chi connectivity index (χ0) is 15.2. The number of rotatable bonds is 7. The second-order valence-corrected chi connectivity index (χ2v) is 5.89. The highest BCUT2D eigenvalue weighted by Gasteiger charge is 2.46. The van der Waals surface area contributed by atoms with Crippen LogP contribution in [-0.2, 0) is 14.6 Å². The van der Waals surface area contributed by atoms with Gasteiger partial charge >= 0.3 is 5.51 Å². The first-order chi connectivity index (χ1) is 9.29. The second-order valence-electron chi connectivity index (χ2n) is 3.95. The van der Waals surface area contributed by atoms with E-state index in [1.54, 1.807) is 0 Å². The van der Waals surface area contributed by atoms with E-state index in [0.29, 0.717) is 25.4 Å². The fourth-order valence-corrected chi connectivity index (χ4v) is 2.20. The molecule has 1 N–H and O–H groups in total. The Morgan fingerprint density at radius 1 is 1.20 bits per heavy atom. The molecule has 0 heterocycles. The summed E-state index contributed by atoms with van der Waals surface area (Å²) in [6.45, 7) is 3.69. The SMILES string of the molecule is CCOCCCNc1ccc(S(=O)(=O)C(F)(F)F)cc1. The van der Waals surface area contributed by atoms with Crippen LogP contribution in [0.3, 0.4) is 0 Å². The van der Waals surface area contributed by atoms with Gasteiger partial charge in [-0.25, -0.2) is 8.42 Å². The van der Waals surface area contributed by atoms with Crippen molar-refractivity contribution in [3.8, 4) is 0 Å². The Hall–Kier alpha value is -1.28. The van der Waals surface area contributed by atoms with Gasteiger partial charge < -0.3 is 10.1 Å². The van der Waals surface area contributed by atoms with Crippen molar-refractivity contribution in [1.82, 2.24) is 0 Å². The lowest BCUT2D eigenvalue weighted by atomic mass is 10.3. The van der Waals surface area contributed by atoms with Crippen molar-refractivity contribution in [1.29, 1.82) is 0 Å². The summed E-state index contributed by atoms with van der Waals surface area (Å²) in [5, 5.41) is 2.96. The molecular formula is C12H16F3NO3S. The third kappa shape index (κ3) is 4.38. The quantitative estimate of drug-likeness (QED) is 0.787. The molecule has 0 unspecified atom stereocenters. The average molecular weight is 311 g/mol. The maximum Gasteiger partial charge on any atom is 0.501 e. The number of anilines is 1. The molecule has 0 spiro atoms. The number of ether oxygens (including phenoxy) is 1. The maximum atomic E-state index is 12.3. The molecule has 0 aliphatic carbocycles. The van der Waals surface area contributed by atoms with Crippen molar-refractivity contribution in [3.63, 3.8) is 0 Å². The molecule has 1 aromatic carbocycles. The zero-order valence-electron chi connectivity index (χ0n) is 10.9. The van der Waals surface area contributed by atoms with Crippen molar-refractivity contribution in [3.05, 3.63) is 24.3 Å². The molecule has 0 bridgehead atoms. The summed E-state index contributed by atoms with van der Waals surface area (Å²) in [7, 11) is -5.27. The van der Waals surface area contributed by atoms with Crippen LogP contribution in [0.15, 0.2) is 29.2 Å². The highest BCUT2D eigenvalue weighted by molar-refractivity contribution is 7.92. The lowest BCUT2D eigenvalue weighted by Crippen LogP contribution is -2.23. The summed E-state index contributed by atoms with van der Waals surface area (Å²) in [6, 6.07) is 4.49. The highest BCUT2D eigenvalue weighted by Crippen LogP contribution is 2.30. The van der Waals surface area contributed by atoms with Crippen molar-refractivity contribution in [2.24, 2.45) is 0 Å².